The first-order valence-corrected chi connectivity index (χ1v) is 5.12. The van der Waals surface area contributed by atoms with Gasteiger partial charge in [0.15, 0.2) is 0 Å². The molecule has 86 valence electrons. The summed E-state index contributed by atoms with van der Waals surface area (Å²) in [5.41, 5.74) is 0.743. The number of anilines is 1. The van der Waals surface area contributed by atoms with E-state index in [0.717, 1.165) is 5.56 Å². The van der Waals surface area contributed by atoms with E-state index >= 15 is 0 Å². The van der Waals surface area contributed by atoms with Crippen LogP contribution in [0.15, 0.2) is 12.3 Å². The second-order valence-electron chi connectivity index (χ2n) is 4.10. The van der Waals surface area contributed by atoms with Crippen LogP contribution in [0.25, 0.3) is 0 Å². The Morgan fingerprint density at radius 2 is 2.31 bits per heavy atom. The predicted octanol–water partition coefficient (Wildman–Crippen LogP) is 1.23. The molecule has 2 rings (SSSR count). The fourth-order valence-electron chi connectivity index (χ4n) is 1.70. The maximum absolute atomic E-state index is 10.8. The number of aliphatic hydroxyl groups excluding tert-OH is 1. The quantitative estimate of drug-likeness (QED) is 0.594. The van der Waals surface area contributed by atoms with E-state index in [2.05, 4.69) is 10.3 Å². The number of pyridine rings is 1. The molecule has 6 nitrogen and oxygen atoms in total. The van der Waals surface area contributed by atoms with Gasteiger partial charge >= 0.3 is 5.69 Å². The van der Waals surface area contributed by atoms with Crippen LogP contribution in [-0.4, -0.2) is 27.2 Å². The van der Waals surface area contributed by atoms with Gasteiger partial charge in [-0.1, -0.05) is 0 Å². The van der Waals surface area contributed by atoms with Gasteiger partial charge in [-0.25, -0.2) is 4.98 Å². The van der Waals surface area contributed by atoms with Gasteiger partial charge < -0.3 is 10.4 Å². The Hall–Kier alpha value is -1.69. The van der Waals surface area contributed by atoms with Crippen molar-refractivity contribution in [2.24, 2.45) is 0 Å². The zero-order valence-corrected chi connectivity index (χ0v) is 8.88. The molecule has 0 atom stereocenters. The smallest absolute Gasteiger partial charge is 0.311 e. The monoisotopic (exact) mass is 223 g/mol. The van der Waals surface area contributed by atoms with E-state index in [4.69, 9.17) is 5.11 Å². The molecule has 2 N–H and O–H groups in total. The Morgan fingerprint density at radius 3 is 2.88 bits per heavy atom. The number of nitro groups is 1. The van der Waals surface area contributed by atoms with Crippen LogP contribution >= 0.6 is 0 Å². The van der Waals surface area contributed by atoms with Gasteiger partial charge in [-0.2, -0.15) is 0 Å². The predicted molar refractivity (Wildman–Crippen MR) is 58.3 cm³/mol. The second kappa shape index (κ2) is 4.05. The minimum atomic E-state index is -0.447. The number of aryl methyl sites for hydroxylation is 1. The van der Waals surface area contributed by atoms with Crippen LogP contribution in [0.4, 0.5) is 11.5 Å². The van der Waals surface area contributed by atoms with Crippen molar-refractivity contribution in [3.8, 4) is 0 Å². The number of hydrogen-bond acceptors (Lipinski definition) is 5. The van der Waals surface area contributed by atoms with Crippen molar-refractivity contribution in [3.05, 3.63) is 27.9 Å². The standard InChI is InChI=1S/C10H13N3O3/c1-6-2-9(13(15)16)10(11-5-6)12-7-3-8(14)4-7/h2,5,7-8,14H,3-4H2,1H3,(H,11,12). The molecule has 1 heterocycles. The van der Waals surface area contributed by atoms with Crippen LogP contribution in [0, 0.1) is 17.0 Å². The topological polar surface area (TPSA) is 88.3 Å². The lowest BCUT2D eigenvalue weighted by Crippen LogP contribution is -2.39. The lowest BCUT2D eigenvalue weighted by Gasteiger charge is -2.32. The van der Waals surface area contributed by atoms with E-state index in [1.54, 1.807) is 13.1 Å². The Labute approximate surface area is 92.5 Å². The highest BCUT2D eigenvalue weighted by Crippen LogP contribution is 2.28. The molecule has 0 spiro atoms. The largest absolute Gasteiger partial charge is 0.393 e. The van der Waals surface area contributed by atoms with E-state index in [1.165, 1.54) is 6.07 Å². The molecule has 16 heavy (non-hydrogen) atoms. The maximum Gasteiger partial charge on any atom is 0.311 e. The van der Waals surface area contributed by atoms with E-state index < -0.39 is 4.92 Å². The van der Waals surface area contributed by atoms with Crippen molar-refractivity contribution in [2.45, 2.75) is 31.9 Å². The molecule has 0 saturated heterocycles. The zero-order valence-electron chi connectivity index (χ0n) is 8.88. The van der Waals surface area contributed by atoms with E-state index in [-0.39, 0.29) is 23.7 Å². The normalized spacial score (nSPS) is 23.6. The Bertz CT molecular complexity index is 416. The molecule has 0 aliphatic heterocycles. The van der Waals surface area contributed by atoms with Gasteiger partial charge in [-0.15, -0.1) is 0 Å². The number of aromatic nitrogens is 1. The molecule has 0 radical (unpaired) electrons. The lowest BCUT2D eigenvalue weighted by atomic mass is 9.89. The lowest BCUT2D eigenvalue weighted by molar-refractivity contribution is -0.384. The molecule has 0 unspecified atom stereocenters. The highest BCUT2D eigenvalue weighted by molar-refractivity contribution is 5.57. The fourth-order valence-corrected chi connectivity index (χ4v) is 1.70. The number of nitrogens with one attached hydrogen (secondary N) is 1. The summed E-state index contributed by atoms with van der Waals surface area (Å²) >= 11 is 0. The third kappa shape index (κ3) is 2.11. The fraction of sp³-hybridized carbons (Fsp3) is 0.500. The summed E-state index contributed by atoms with van der Waals surface area (Å²) in [5, 5.41) is 22.9. The molecular formula is C10H13N3O3. The van der Waals surface area contributed by atoms with Crippen LogP contribution in [0.5, 0.6) is 0 Å². The summed E-state index contributed by atoms with van der Waals surface area (Å²) in [7, 11) is 0. The molecule has 1 saturated carbocycles. The summed E-state index contributed by atoms with van der Waals surface area (Å²) in [6.45, 7) is 1.76. The number of nitrogens with zero attached hydrogens (tertiary/aromatic N) is 2. The molecule has 0 amide bonds. The van der Waals surface area contributed by atoms with Gasteiger partial charge in [-0.05, 0) is 25.3 Å². The Kier molecular flexibility index (Phi) is 2.74. The third-order valence-corrected chi connectivity index (χ3v) is 2.66. The van der Waals surface area contributed by atoms with Crippen molar-refractivity contribution in [1.29, 1.82) is 0 Å². The second-order valence-corrected chi connectivity index (χ2v) is 4.10. The van der Waals surface area contributed by atoms with Crippen LogP contribution < -0.4 is 5.32 Å². The van der Waals surface area contributed by atoms with E-state index in [1.807, 2.05) is 0 Å². The molecule has 1 fully saturated rings. The first kappa shape index (κ1) is 10.8. The highest BCUT2D eigenvalue weighted by Gasteiger charge is 2.29. The Balaban J connectivity index is 2.16. The molecule has 0 aromatic carbocycles. The number of hydrogen-bond donors (Lipinski definition) is 2. The van der Waals surface area contributed by atoms with Gasteiger partial charge in [0, 0.05) is 18.3 Å². The number of rotatable bonds is 3. The average molecular weight is 223 g/mol. The average Bonchev–Trinajstić information content (AvgIpc) is 2.17. The van der Waals surface area contributed by atoms with Gasteiger partial charge in [0.2, 0.25) is 5.82 Å². The summed E-state index contributed by atoms with van der Waals surface area (Å²) in [6.07, 6.45) is 2.53. The van der Waals surface area contributed by atoms with Crippen molar-refractivity contribution < 1.29 is 10.0 Å². The first-order chi connectivity index (χ1) is 7.56. The zero-order chi connectivity index (χ0) is 11.7. The van der Waals surface area contributed by atoms with E-state index in [9.17, 15) is 10.1 Å². The van der Waals surface area contributed by atoms with Crippen LogP contribution in [0.2, 0.25) is 0 Å². The minimum absolute atomic E-state index is 0.0126. The SMILES string of the molecule is Cc1cnc(NC2CC(O)C2)c([N+](=O)[O-])c1. The summed E-state index contributed by atoms with van der Waals surface area (Å²) < 4.78 is 0. The molecular weight excluding hydrogens is 210 g/mol. The van der Waals surface area contributed by atoms with Crippen LogP contribution in [0.1, 0.15) is 18.4 Å². The summed E-state index contributed by atoms with van der Waals surface area (Å²) in [4.78, 5) is 14.4. The van der Waals surface area contributed by atoms with Gasteiger partial charge in [0.05, 0.1) is 11.0 Å². The van der Waals surface area contributed by atoms with Crippen molar-refractivity contribution in [2.75, 3.05) is 5.32 Å². The third-order valence-electron chi connectivity index (χ3n) is 2.66. The summed E-state index contributed by atoms with van der Waals surface area (Å²) in [6, 6.07) is 1.58. The minimum Gasteiger partial charge on any atom is -0.393 e. The van der Waals surface area contributed by atoms with Crippen LogP contribution in [0.3, 0.4) is 0 Å². The molecule has 1 aromatic heterocycles. The molecule has 0 bridgehead atoms. The number of aliphatic hydroxyl groups is 1. The molecule has 1 aliphatic carbocycles. The highest BCUT2D eigenvalue weighted by atomic mass is 16.6. The van der Waals surface area contributed by atoms with E-state index in [0.29, 0.717) is 12.8 Å². The summed E-state index contributed by atoms with van der Waals surface area (Å²) in [5.74, 6) is 0.285. The van der Waals surface area contributed by atoms with Crippen molar-refractivity contribution >= 4 is 11.5 Å². The van der Waals surface area contributed by atoms with Crippen LogP contribution in [-0.2, 0) is 0 Å². The molecule has 1 aliphatic rings. The van der Waals surface area contributed by atoms with Crippen molar-refractivity contribution in [1.82, 2.24) is 4.98 Å². The van der Waals surface area contributed by atoms with Gasteiger partial charge in [0.25, 0.3) is 0 Å². The molecule has 6 heteroatoms. The van der Waals surface area contributed by atoms with Gasteiger partial charge in [-0.3, -0.25) is 10.1 Å². The maximum atomic E-state index is 10.8. The van der Waals surface area contributed by atoms with Gasteiger partial charge in [0.1, 0.15) is 0 Å². The van der Waals surface area contributed by atoms with Crippen molar-refractivity contribution in [3.63, 3.8) is 0 Å². The first-order valence-electron chi connectivity index (χ1n) is 5.12. The molecule has 1 aromatic rings. The Morgan fingerprint density at radius 1 is 1.62 bits per heavy atom.